The second-order valence-electron chi connectivity index (χ2n) is 26.1. The van der Waals surface area contributed by atoms with Crippen molar-refractivity contribution in [2.45, 2.75) is 343 Å². The normalized spacial score (nSPS) is 14.4. The molecule has 510 valence electrons. The summed E-state index contributed by atoms with van der Waals surface area (Å²) in [4.78, 5) is 72.2. The van der Waals surface area contributed by atoms with E-state index in [1.165, 1.54) is 116 Å². The predicted molar refractivity (Wildman–Crippen MR) is 344 cm³/mol. The number of hydrogen-bond donors (Lipinski definition) is 3. The smallest absolute Gasteiger partial charge is 0.462 e. The van der Waals surface area contributed by atoms with E-state index < -0.39 is 97.5 Å². The average molecular weight is 1270 g/mol. The van der Waals surface area contributed by atoms with Gasteiger partial charge in [-0.15, -0.1) is 0 Å². The molecule has 0 aromatic rings. The molecule has 2 unspecified atom stereocenters. The number of phosphoric acid groups is 2. The second-order valence-corrected chi connectivity index (χ2v) is 29.0. The minimum absolute atomic E-state index is 0.100. The van der Waals surface area contributed by atoms with Gasteiger partial charge in [-0.25, -0.2) is 9.13 Å². The van der Waals surface area contributed by atoms with Crippen molar-refractivity contribution in [1.29, 1.82) is 0 Å². The van der Waals surface area contributed by atoms with Crippen molar-refractivity contribution in [3.8, 4) is 0 Å². The van der Waals surface area contributed by atoms with Crippen LogP contribution in [0.3, 0.4) is 0 Å². The first-order chi connectivity index (χ1) is 41.1. The highest BCUT2D eigenvalue weighted by atomic mass is 31.2. The van der Waals surface area contributed by atoms with Gasteiger partial charge in [0.2, 0.25) is 0 Å². The molecule has 3 N–H and O–H groups in total. The number of aliphatic hydroxyl groups is 1. The first-order valence-electron chi connectivity index (χ1n) is 34.7. The number of aliphatic hydroxyl groups excluding tert-OH is 1. The number of rotatable bonds is 64. The zero-order valence-electron chi connectivity index (χ0n) is 55.9. The number of unbranched alkanes of at least 4 members (excludes halogenated alkanes) is 30. The lowest BCUT2D eigenvalue weighted by Crippen LogP contribution is -2.30. The van der Waals surface area contributed by atoms with E-state index in [1.54, 1.807) is 0 Å². The van der Waals surface area contributed by atoms with Gasteiger partial charge in [-0.2, -0.15) is 0 Å². The number of hydrogen-bond acceptors (Lipinski definition) is 15. The highest BCUT2D eigenvalue weighted by Crippen LogP contribution is 2.45. The maximum Gasteiger partial charge on any atom is 0.472 e. The molecule has 0 rings (SSSR count). The van der Waals surface area contributed by atoms with Crippen LogP contribution in [0.4, 0.5) is 0 Å². The van der Waals surface area contributed by atoms with Crippen LogP contribution in [0.25, 0.3) is 0 Å². The van der Waals surface area contributed by atoms with Gasteiger partial charge in [0.05, 0.1) is 26.4 Å². The molecule has 0 heterocycles. The Hall–Kier alpha value is -1.94. The van der Waals surface area contributed by atoms with Crippen LogP contribution in [0.2, 0.25) is 0 Å². The Morgan fingerprint density at radius 1 is 0.291 bits per heavy atom. The summed E-state index contributed by atoms with van der Waals surface area (Å²) in [5.74, 6) is 0.695. The molecule has 0 aliphatic heterocycles. The summed E-state index contributed by atoms with van der Waals surface area (Å²) >= 11 is 0. The van der Waals surface area contributed by atoms with Crippen LogP contribution < -0.4 is 0 Å². The van der Waals surface area contributed by atoms with Crippen LogP contribution in [-0.4, -0.2) is 96.7 Å². The maximum atomic E-state index is 13.0. The zero-order chi connectivity index (χ0) is 63.9. The van der Waals surface area contributed by atoms with Crippen molar-refractivity contribution in [2.24, 2.45) is 23.7 Å². The third-order valence-electron chi connectivity index (χ3n) is 15.3. The van der Waals surface area contributed by atoms with Crippen LogP contribution in [-0.2, 0) is 65.4 Å². The molecule has 0 saturated heterocycles. The van der Waals surface area contributed by atoms with Gasteiger partial charge in [0.15, 0.2) is 12.2 Å². The van der Waals surface area contributed by atoms with Gasteiger partial charge in [-0.05, 0) is 49.4 Å². The van der Waals surface area contributed by atoms with Gasteiger partial charge in [0.25, 0.3) is 0 Å². The fourth-order valence-corrected chi connectivity index (χ4v) is 11.5. The van der Waals surface area contributed by atoms with E-state index in [4.69, 9.17) is 37.0 Å². The molecule has 17 nitrogen and oxygen atoms in total. The predicted octanol–water partition coefficient (Wildman–Crippen LogP) is 18.5. The quantitative estimate of drug-likeness (QED) is 0.0222. The lowest BCUT2D eigenvalue weighted by molar-refractivity contribution is -0.161. The lowest BCUT2D eigenvalue weighted by atomic mass is 10.0. The molecule has 0 aromatic carbocycles. The van der Waals surface area contributed by atoms with Gasteiger partial charge in [0, 0.05) is 25.7 Å². The Kier molecular flexibility index (Phi) is 55.7. The molecule has 0 spiro atoms. The van der Waals surface area contributed by atoms with Gasteiger partial charge < -0.3 is 33.8 Å². The molecule has 0 amide bonds. The summed E-state index contributed by atoms with van der Waals surface area (Å²) in [5.41, 5.74) is 0. The summed E-state index contributed by atoms with van der Waals surface area (Å²) in [6, 6.07) is 0. The Bertz CT molecular complexity index is 1710. The number of ether oxygens (including phenoxy) is 4. The van der Waals surface area contributed by atoms with E-state index in [-0.39, 0.29) is 25.7 Å². The summed E-state index contributed by atoms with van der Waals surface area (Å²) in [5, 5.41) is 10.5. The van der Waals surface area contributed by atoms with E-state index in [0.29, 0.717) is 43.4 Å². The molecule has 0 aliphatic carbocycles. The molecule has 0 saturated carbocycles. The van der Waals surface area contributed by atoms with Crippen molar-refractivity contribution in [3.05, 3.63) is 0 Å². The fourth-order valence-electron chi connectivity index (χ4n) is 9.96. The maximum absolute atomic E-state index is 13.0. The van der Waals surface area contributed by atoms with Crippen LogP contribution in [0.5, 0.6) is 0 Å². The molecule has 5 atom stereocenters. The van der Waals surface area contributed by atoms with Gasteiger partial charge in [-0.3, -0.25) is 37.3 Å². The monoisotopic (exact) mass is 1270 g/mol. The van der Waals surface area contributed by atoms with Gasteiger partial charge in [0.1, 0.15) is 19.3 Å². The number of esters is 4. The molecule has 0 radical (unpaired) electrons. The lowest BCUT2D eigenvalue weighted by Gasteiger charge is -2.21. The standard InChI is InChI=1S/C67H130O17P2/c1-57(2)43-35-27-19-17-15-13-11-9-10-12-14-16-18-20-33-41-49-66(71)83-62(53-77-64(69)47-39-31-24-21-28-36-44-58(3)4)55-81-85(73,74)79-51-61(68)52-80-86(75,76)82-56-63(84-67(72)50-42-34-26-23-30-38-46-60(7)8)54-78-65(70)48-40-32-25-22-29-37-45-59(5)6/h57-63,68H,9-56H2,1-8H3,(H,73,74)(H,75,76)/t61-,62-,63-/m1/s1. The van der Waals surface area contributed by atoms with E-state index in [1.807, 2.05) is 0 Å². The van der Waals surface area contributed by atoms with E-state index in [9.17, 15) is 43.2 Å². The fraction of sp³-hybridized carbons (Fsp3) is 0.940. The molecule has 19 heteroatoms. The number of carbonyl (C=O) groups excluding carboxylic acids is 4. The number of carbonyl (C=O) groups is 4. The van der Waals surface area contributed by atoms with Crippen LogP contribution >= 0.6 is 15.6 Å². The Labute approximate surface area is 524 Å². The summed E-state index contributed by atoms with van der Waals surface area (Å²) < 4.78 is 68.0. The summed E-state index contributed by atoms with van der Waals surface area (Å²) in [6.07, 6.45) is 38.2. The van der Waals surface area contributed by atoms with Crippen molar-refractivity contribution in [1.82, 2.24) is 0 Å². The highest BCUT2D eigenvalue weighted by Gasteiger charge is 2.30. The third kappa shape index (κ3) is 60.9. The first-order valence-corrected chi connectivity index (χ1v) is 37.7. The molecular formula is C67H130O17P2. The zero-order valence-corrected chi connectivity index (χ0v) is 57.7. The van der Waals surface area contributed by atoms with E-state index >= 15 is 0 Å². The van der Waals surface area contributed by atoms with Crippen molar-refractivity contribution in [2.75, 3.05) is 39.6 Å². The van der Waals surface area contributed by atoms with E-state index in [0.717, 1.165) is 109 Å². The van der Waals surface area contributed by atoms with Crippen LogP contribution in [0, 0.1) is 23.7 Å². The first kappa shape index (κ1) is 84.1. The second kappa shape index (κ2) is 57.0. The molecule has 0 bridgehead atoms. The average Bonchev–Trinajstić information content (AvgIpc) is 3.56. The molecule has 0 aromatic heterocycles. The molecule has 0 fully saturated rings. The molecule has 0 aliphatic rings. The Balaban J connectivity index is 5.16. The largest absolute Gasteiger partial charge is 0.472 e. The Morgan fingerprint density at radius 2 is 0.488 bits per heavy atom. The van der Waals surface area contributed by atoms with Crippen LogP contribution in [0.15, 0.2) is 0 Å². The van der Waals surface area contributed by atoms with Crippen molar-refractivity contribution < 1.29 is 80.2 Å². The third-order valence-corrected chi connectivity index (χ3v) is 17.2. The summed E-state index contributed by atoms with van der Waals surface area (Å²) in [7, 11) is -9.89. The number of phosphoric ester groups is 2. The van der Waals surface area contributed by atoms with Crippen molar-refractivity contribution in [3.63, 3.8) is 0 Å². The Morgan fingerprint density at radius 3 is 0.721 bits per heavy atom. The van der Waals surface area contributed by atoms with E-state index in [2.05, 4.69) is 55.4 Å². The van der Waals surface area contributed by atoms with Gasteiger partial charge >= 0.3 is 39.5 Å². The topological polar surface area (TPSA) is 237 Å². The molecule has 86 heavy (non-hydrogen) atoms. The summed E-state index contributed by atoms with van der Waals surface area (Å²) in [6.45, 7) is 13.9. The highest BCUT2D eigenvalue weighted by molar-refractivity contribution is 7.47. The minimum Gasteiger partial charge on any atom is -0.462 e. The molecular weight excluding hydrogens is 1140 g/mol. The SMILES string of the molecule is CC(C)CCCCCCCCCCCCCCCCCCC(=O)O[C@H](COC(=O)CCCCCCCCC(C)C)COP(=O)(O)OC[C@@H](O)COP(=O)(O)OC[C@@H](COC(=O)CCCCCCCCC(C)C)OC(=O)CCCCCCCCC(C)C. The van der Waals surface area contributed by atoms with Crippen molar-refractivity contribution >= 4 is 39.5 Å². The van der Waals surface area contributed by atoms with Crippen LogP contribution in [0.1, 0.15) is 325 Å². The van der Waals surface area contributed by atoms with Gasteiger partial charge in [-0.1, -0.05) is 274 Å². The minimum atomic E-state index is -4.95.